The molecule has 156 valence electrons. The van der Waals surface area contributed by atoms with Crippen LogP contribution in [0.15, 0.2) is 54.4 Å². The number of hydrogen-bond donors (Lipinski definition) is 1. The number of thiocarbonyl (C=S) groups is 1. The molecule has 1 aromatic carbocycles. The first-order valence-corrected chi connectivity index (χ1v) is 10.3. The summed E-state index contributed by atoms with van der Waals surface area (Å²) in [6.07, 6.45) is 5.09. The van der Waals surface area contributed by atoms with E-state index < -0.39 is 11.8 Å². The lowest BCUT2D eigenvalue weighted by molar-refractivity contribution is -0.122. The van der Waals surface area contributed by atoms with E-state index in [-0.39, 0.29) is 10.7 Å². The Morgan fingerprint density at radius 1 is 0.935 bits per heavy atom. The summed E-state index contributed by atoms with van der Waals surface area (Å²) in [5, 5.41) is 2.73. The van der Waals surface area contributed by atoms with E-state index in [1.54, 1.807) is 18.5 Å². The smallest absolute Gasteiger partial charge is 0.270 e. The highest BCUT2D eigenvalue weighted by atomic mass is 32.1. The van der Waals surface area contributed by atoms with E-state index in [9.17, 15) is 9.59 Å². The fraction of sp³-hybridized carbons (Fsp3) is 0.167. The van der Waals surface area contributed by atoms with Crippen LogP contribution in [0.25, 0.3) is 11.8 Å². The number of carbonyl (C=O) groups excluding carboxylic acids is 2. The molecule has 4 rings (SSSR count). The van der Waals surface area contributed by atoms with Crippen LogP contribution in [0, 0.1) is 27.7 Å². The highest BCUT2D eigenvalue weighted by molar-refractivity contribution is 7.80. The number of benzene rings is 1. The molecule has 0 bridgehead atoms. The molecule has 0 radical (unpaired) electrons. The zero-order chi connectivity index (χ0) is 22.3. The molecule has 2 amide bonds. The van der Waals surface area contributed by atoms with Gasteiger partial charge in [-0.3, -0.25) is 24.8 Å². The normalized spacial score (nSPS) is 15.5. The summed E-state index contributed by atoms with van der Waals surface area (Å²) in [4.78, 5) is 31.4. The van der Waals surface area contributed by atoms with Crippen LogP contribution in [-0.2, 0) is 9.59 Å². The van der Waals surface area contributed by atoms with Crippen molar-refractivity contribution >= 4 is 40.9 Å². The molecule has 1 aliphatic rings. The first kappa shape index (κ1) is 20.7. The topological polar surface area (TPSA) is 67.2 Å². The van der Waals surface area contributed by atoms with E-state index in [4.69, 9.17) is 12.2 Å². The van der Waals surface area contributed by atoms with Gasteiger partial charge in [-0.05, 0) is 93.0 Å². The number of aromatic nitrogens is 2. The number of nitrogens with one attached hydrogen (secondary N) is 1. The molecule has 1 fully saturated rings. The van der Waals surface area contributed by atoms with Crippen molar-refractivity contribution in [1.29, 1.82) is 0 Å². The first-order chi connectivity index (χ1) is 14.8. The van der Waals surface area contributed by atoms with Crippen LogP contribution >= 0.6 is 12.2 Å². The van der Waals surface area contributed by atoms with Gasteiger partial charge < -0.3 is 4.57 Å². The zero-order valence-electron chi connectivity index (χ0n) is 17.8. The Bertz CT molecular complexity index is 1260. The Morgan fingerprint density at radius 2 is 1.65 bits per heavy atom. The second kappa shape index (κ2) is 7.92. The zero-order valence-corrected chi connectivity index (χ0v) is 18.6. The third-order valence-corrected chi connectivity index (χ3v) is 5.83. The summed E-state index contributed by atoms with van der Waals surface area (Å²) >= 11 is 5.31. The Morgan fingerprint density at radius 3 is 2.32 bits per heavy atom. The molecular formula is C24H22N4O2S. The lowest BCUT2D eigenvalue weighted by Gasteiger charge is -2.29. The van der Waals surface area contributed by atoms with E-state index in [0.717, 1.165) is 33.8 Å². The summed E-state index contributed by atoms with van der Waals surface area (Å²) in [5.41, 5.74) is 6.49. The van der Waals surface area contributed by atoms with Crippen molar-refractivity contribution in [1.82, 2.24) is 14.9 Å². The second-order valence-corrected chi connectivity index (χ2v) is 7.98. The quantitative estimate of drug-likeness (QED) is 0.388. The molecule has 0 atom stereocenters. The van der Waals surface area contributed by atoms with Crippen LogP contribution in [0.2, 0.25) is 0 Å². The Balaban J connectivity index is 1.77. The van der Waals surface area contributed by atoms with Crippen molar-refractivity contribution in [3.8, 4) is 5.69 Å². The highest BCUT2D eigenvalue weighted by Gasteiger charge is 2.34. The molecule has 3 heterocycles. The second-order valence-electron chi connectivity index (χ2n) is 7.59. The summed E-state index contributed by atoms with van der Waals surface area (Å²) in [7, 11) is 0. The predicted molar refractivity (Wildman–Crippen MR) is 125 cm³/mol. The molecule has 31 heavy (non-hydrogen) atoms. The minimum atomic E-state index is -0.496. The van der Waals surface area contributed by atoms with Crippen molar-refractivity contribution in [3.05, 3.63) is 82.4 Å². The van der Waals surface area contributed by atoms with Gasteiger partial charge in [0, 0.05) is 29.5 Å². The third kappa shape index (κ3) is 3.68. The molecule has 1 N–H and O–H groups in total. The number of anilines is 1. The number of pyridine rings is 1. The molecule has 3 aromatic rings. The molecule has 6 nitrogen and oxygen atoms in total. The molecule has 0 spiro atoms. The Hall–Kier alpha value is -3.58. The van der Waals surface area contributed by atoms with Crippen LogP contribution in [-0.4, -0.2) is 26.5 Å². The van der Waals surface area contributed by atoms with Crippen molar-refractivity contribution in [2.75, 3.05) is 4.90 Å². The van der Waals surface area contributed by atoms with Crippen molar-refractivity contribution in [2.24, 2.45) is 0 Å². The number of amides is 2. The predicted octanol–water partition coefficient (Wildman–Crippen LogP) is 3.94. The number of carbonyl (C=O) groups is 2. The van der Waals surface area contributed by atoms with Crippen LogP contribution in [0.4, 0.5) is 5.69 Å². The van der Waals surface area contributed by atoms with Gasteiger partial charge in [0.05, 0.1) is 5.69 Å². The minimum absolute atomic E-state index is 0.0433. The SMILES string of the molecule is Cc1ccc(N2C(=O)/C(=C/c3cc(C)n(-c4ccncc4)c3C)C(=O)NC2=S)cc1C. The highest BCUT2D eigenvalue weighted by Crippen LogP contribution is 2.27. The van der Waals surface area contributed by atoms with Crippen LogP contribution in [0.5, 0.6) is 0 Å². The van der Waals surface area contributed by atoms with E-state index >= 15 is 0 Å². The summed E-state index contributed by atoms with van der Waals surface area (Å²) in [5.74, 6) is -0.936. The fourth-order valence-corrected chi connectivity index (χ4v) is 4.02. The molecule has 0 saturated carbocycles. The van der Waals surface area contributed by atoms with E-state index in [0.29, 0.717) is 5.69 Å². The maximum absolute atomic E-state index is 13.3. The number of nitrogens with zero attached hydrogens (tertiary/aromatic N) is 3. The monoisotopic (exact) mass is 430 g/mol. The van der Waals surface area contributed by atoms with Gasteiger partial charge in [0.15, 0.2) is 5.11 Å². The van der Waals surface area contributed by atoms with Gasteiger partial charge in [-0.15, -0.1) is 0 Å². The maximum atomic E-state index is 13.3. The van der Waals surface area contributed by atoms with Gasteiger partial charge in [-0.25, -0.2) is 0 Å². The van der Waals surface area contributed by atoms with Gasteiger partial charge in [0.1, 0.15) is 5.57 Å². The number of aryl methyl sites for hydroxylation is 3. The molecule has 1 saturated heterocycles. The number of hydrogen-bond acceptors (Lipinski definition) is 4. The van der Waals surface area contributed by atoms with E-state index in [1.807, 2.05) is 64.1 Å². The molecule has 2 aromatic heterocycles. The van der Waals surface area contributed by atoms with Gasteiger partial charge in [-0.2, -0.15) is 0 Å². The Kier molecular flexibility index (Phi) is 5.29. The first-order valence-electron chi connectivity index (χ1n) is 9.86. The summed E-state index contributed by atoms with van der Waals surface area (Å²) < 4.78 is 2.06. The largest absolute Gasteiger partial charge is 0.318 e. The van der Waals surface area contributed by atoms with Crippen LogP contribution < -0.4 is 10.2 Å². The molecular weight excluding hydrogens is 408 g/mol. The molecule has 1 aliphatic heterocycles. The van der Waals surface area contributed by atoms with Crippen LogP contribution in [0.3, 0.4) is 0 Å². The van der Waals surface area contributed by atoms with Crippen molar-refractivity contribution in [2.45, 2.75) is 27.7 Å². The average molecular weight is 431 g/mol. The summed E-state index contributed by atoms with van der Waals surface area (Å²) in [6, 6.07) is 11.4. The average Bonchev–Trinajstić information content (AvgIpc) is 3.01. The third-order valence-electron chi connectivity index (χ3n) is 5.54. The lowest BCUT2D eigenvalue weighted by atomic mass is 10.1. The van der Waals surface area contributed by atoms with Crippen LogP contribution in [0.1, 0.15) is 28.1 Å². The number of rotatable bonds is 3. The van der Waals surface area contributed by atoms with E-state index in [2.05, 4.69) is 14.9 Å². The molecule has 7 heteroatoms. The van der Waals surface area contributed by atoms with Gasteiger partial charge in [0.2, 0.25) is 0 Å². The Labute approximate surface area is 186 Å². The van der Waals surface area contributed by atoms with Crippen molar-refractivity contribution in [3.63, 3.8) is 0 Å². The molecule has 0 aliphatic carbocycles. The molecule has 0 unspecified atom stereocenters. The maximum Gasteiger partial charge on any atom is 0.270 e. The fourth-order valence-electron chi connectivity index (χ4n) is 3.74. The van der Waals surface area contributed by atoms with E-state index in [1.165, 1.54) is 4.90 Å². The van der Waals surface area contributed by atoms with Gasteiger partial charge in [-0.1, -0.05) is 6.07 Å². The van der Waals surface area contributed by atoms with Gasteiger partial charge >= 0.3 is 0 Å². The van der Waals surface area contributed by atoms with Crippen molar-refractivity contribution < 1.29 is 9.59 Å². The standard InChI is InChI=1S/C24H22N4O2S/c1-14-5-6-20(11-15(14)2)28-23(30)21(22(29)26-24(28)31)13-18-12-16(3)27(17(18)4)19-7-9-25-10-8-19/h5-13H,1-4H3,(H,26,29,31)/b21-13+. The minimum Gasteiger partial charge on any atom is -0.318 e. The lowest BCUT2D eigenvalue weighted by Crippen LogP contribution is -2.54. The summed E-state index contributed by atoms with van der Waals surface area (Å²) in [6.45, 7) is 7.91. The van der Waals surface area contributed by atoms with Gasteiger partial charge in [0.25, 0.3) is 11.8 Å².